The van der Waals surface area contributed by atoms with Crippen LogP contribution in [0.3, 0.4) is 0 Å². The van der Waals surface area contributed by atoms with Crippen molar-refractivity contribution in [2.24, 2.45) is 5.92 Å². The lowest BCUT2D eigenvalue weighted by molar-refractivity contribution is 0.568. The van der Waals surface area contributed by atoms with Crippen LogP contribution < -0.4 is 10.2 Å². The van der Waals surface area contributed by atoms with E-state index in [0.717, 1.165) is 25.0 Å². The maximum absolute atomic E-state index is 4.72. The number of hydrogen-bond donors (Lipinski definition) is 1. The highest BCUT2D eigenvalue weighted by molar-refractivity contribution is 5.49. The standard InChI is InChI=1S/C16H27N3/c1-12(2)7-8-19(15-5-6-15)16-13(3)9-14(10-17-4)11-18-16/h9,11-12,15,17H,5-8,10H2,1-4H3. The largest absolute Gasteiger partial charge is 0.353 e. The van der Waals surface area contributed by atoms with E-state index in [2.05, 4.69) is 37.1 Å². The van der Waals surface area contributed by atoms with Gasteiger partial charge in [0.2, 0.25) is 0 Å². The summed E-state index contributed by atoms with van der Waals surface area (Å²) in [5.41, 5.74) is 2.58. The molecule has 0 atom stereocenters. The zero-order chi connectivity index (χ0) is 13.8. The first-order valence-corrected chi connectivity index (χ1v) is 7.48. The summed E-state index contributed by atoms with van der Waals surface area (Å²) in [6.45, 7) is 8.81. The number of pyridine rings is 1. The van der Waals surface area contributed by atoms with Crippen molar-refractivity contribution in [3.63, 3.8) is 0 Å². The molecule has 1 aromatic heterocycles. The van der Waals surface area contributed by atoms with E-state index >= 15 is 0 Å². The monoisotopic (exact) mass is 261 g/mol. The van der Waals surface area contributed by atoms with Crippen LogP contribution in [0.1, 0.15) is 44.2 Å². The fraction of sp³-hybridized carbons (Fsp3) is 0.688. The van der Waals surface area contributed by atoms with Crippen LogP contribution in [0.25, 0.3) is 0 Å². The highest BCUT2D eigenvalue weighted by atomic mass is 15.2. The van der Waals surface area contributed by atoms with Crippen LogP contribution in [-0.2, 0) is 6.54 Å². The van der Waals surface area contributed by atoms with Crippen LogP contribution >= 0.6 is 0 Å². The van der Waals surface area contributed by atoms with E-state index in [1.165, 1.54) is 36.2 Å². The van der Waals surface area contributed by atoms with E-state index in [4.69, 9.17) is 4.98 Å². The number of anilines is 1. The number of aryl methyl sites for hydroxylation is 1. The lowest BCUT2D eigenvalue weighted by Gasteiger charge is -2.26. The molecule has 2 rings (SSSR count). The molecular formula is C16H27N3. The van der Waals surface area contributed by atoms with Crippen LogP contribution in [0.15, 0.2) is 12.3 Å². The van der Waals surface area contributed by atoms with Crippen molar-refractivity contribution < 1.29 is 0 Å². The topological polar surface area (TPSA) is 28.2 Å². The van der Waals surface area contributed by atoms with Crippen molar-refractivity contribution >= 4 is 5.82 Å². The highest BCUT2D eigenvalue weighted by Gasteiger charge is 2.30. The van der Waals surface area contributed by atoms with E-state index in [0.29, 0.717) is 0 Å². The summed E-state index contributed by atoms with van der Waals surface area (Å²) < 4.78 is 0. The zero-order valence-electron chi connectivity index (χ0n) is 12.7. The fourth-order valence-electron chi connectivity index (χ4n) is 2.47. The van der Waals surface area contributed by atoms with Crippen molar-refractivity contribution in [2.75, 3.05) is 18.5 Å². The maximum atomic E-state index is 4.72. The molecule has 1 aliphatic rings. The van der Waals surface area contributed by atoms with Gasteiger partial charge >= 0.3 is 0 Å². The predicted molar refractivity (Wildman–Crippen MR) is 81.6 cm³/mol. The van der Waals surface area contributed by atoms with Crippen LogP contribution in [0.2, 0.25) is 0 Å². The van der Waals surface area contributed by atoms with Crippen molar-refractivity contribution in [3.8, 4) is 0 Å². The molecule has 3 nitrogen and oxygen atoms in total. The molecule has 0 spiro atoms. The molecule has 19 heavy (non-hydrogen) atoms. The molecule has 3 heteroatoms. The second-order valence-electron chi connectivity index (χ2n) is 6.12. The van der Waals surface area contributed by atoms with E-state index in [1.807, 2.05) is 13.2 Å². The van der Waals surface area contributed by atoms with Crippen LogP contribution in [0.5, 0.6) is 0 Å². The van der Waals surface area contributed by atoms with Crippen LogP contribution in [0.4, 0.5) is 5.82 Å². The van der Waals surface area contributed by atoms with Gasteiger partial charge in [0.05, 0.1) is 0 Å². The molecule has 0 radical (unpaired) electrons. The minimum Gasteiger partial charge on any atom is -0.353 e. The van der Waals surface area contributed by atoms with Crippen LogP contribution in [-0.4, -0.2) is 24.6 Å². The van der Waals surface area contributed by atoms with Gasteiger partial charge in [-0.15, -0.1) is 0 Å². The van der Waals surface area contributed by atoms with Gasteiger partial charge in [-0.1, -0.05) is 13.8 Å². The summed E-state index contributed by atoms with van der Waals surface area (Å²) in [6.07, 6.45) is 5.93. The molecule has 0 aliphatic heterocycles. The average Bonchev–Trinajstić information content (AvgIpc) is 3.16. The molecule has 1 fully saturated rings. The molecule has 0 unspecified atom stereocenters. The third kappa shape index (κ3) is 3.93. The Morgan fingerprint density at radius 3 is 2.68 bits per heavy atom. The Balaban J connectivity index is 2.12. The van der Waals surface area contributed by atoms with Gasteiger partial charge in [-0.25, -0.2) is 4.98 Å². The Morgan fingerprint density at radius 2 is 2.16 bits per heavy atom. The molecule has 1 heterocycles. The van der Waals surface area contributed by atoms with Crippen molar-refractivity contribution in [1.29, 1.82) is 0 Å². The lowest BCUT2D eigenvalue weighted by atomic mass is 10.1. The summed E-state index contributed by atoms with van der Waals surface area (Å²) in [5.74, 6) is 1.95. The first-order valence-electron chi connectivity index (χ1n) is 7.48. The van der Waals surface area contributed by atoms with Gasteiger partial charge in [0, 0.05) is 25.3 Å². The van der Waals surface area contributed by atoms with E-state index in [1.54, 1.807) is 0 Å². The second-order valence-corrected chi connectivity index (χ2v) is 6.12. The third-order valence-electron chi connectivity index (χ3n) is 3.70. The van der Waals surface area contributed by atoms with Gasteiger partial charge in [0.15, 0.2) is 0 Å². The normalized spacial score (nSPS) is 15.0. The maximum Gasteiger partial charge on any atom is 0.131 e. The number of rotatable bonds is 7. The minimum atomic E-state index is 0.736. The van der Waals surface area contributed by atoms with Crippen molar-refractivity contribution in [1.82, 2.24) is 10.3 Å². The summed E-state index contributed by atoms with van der Waals surface area (Å²) in [6, 6.07) is 3.00. The van der Waals surface area contributed by atoms with Gasteiger partial charge in [-0.2, -0.15) is 0 Å². The van der Waals surface area contributed by atoms with Crippen molar-refractivity contribution in [3.05, 3.63) is 23.4 Å². The Morgan fingerprint density at radius 1 is 1.42 bits per heavy atom. The van der Waals surface area contributed by atoms with Crippen LogP contribution in [0, 0.1) is 12.8 Å². The molecule has 1 saturated carbocycles. The number of nitrogens with one attached hydrogen (secondary N) is 1. The average molecular weight is 261 g/mol. The van der Waals surface area contributed by atoms with Crippen molar-refractivity contribution in [2.45, 2.75) is 52.6 Å². The van der Waals surface area contributed by atoms with E-state index < -0.39 is 0 Å². The van der Waals surface area contributed by atoms with Gasteiger partial charge in [0.1, 0.15) is 5.82 Å². The molecule has 0 aromatic carbocycles. The Bertz CT molecular complexity index is 410. The quantitative estimate of drug-likeness (QED) is 0.817. The Labute approximate surface area is 117 Å². The van der Waals surface area contributed by atoms with Gasteiger partial charge in [-0.3, -0.25) is 0 Å². The summed E-state index contributed by atoms with van der Waals surface area (Å²) in [4.78, 5) is 7.25. The molecule has 1 aromatic rings. The summed E-state index contributed by atoms with van der Waals surface area (Å²) in [5, 5.41) is 3.18. The number of nitrogens with zero attached hydrogens (tertiary/aromatic N) is 2. The SMILES string of the molecule is CNCc1cnc(N(CCC(C)C)C2CC2)c(C)c1. The predicted octanol–water partition coefficient (Wildman–Crippen LogP) is 3.12. The molecular weight excluding hydrogens is 234 g/mol. The summed E-state index contributed by atoms with van der Waals surface area (Å²) in [7, 11) is 1.97. The zero-order valence-corrected chi connectivity index (χ0v) is 12.7. The first-order chi connectivity index (χ1) is 9.11. The first kappa shape index (κ1) is 14.3. The molecule has 0 bridgehead atoms. The highest BCUT2D eigenvalue weighted by Crippen LogP contribution is 2.32. The Hall–Kier alpha value is -1.09. The third-order valence-corrected chi connectivity index (χ3v) is 3.70. The van der Waals surface area contributed by atoms with E-state index in [9.17, 15) is 0 Å². The van der Waals surface area contributed by atoms with Gasteiger partial charge < -0.3 is 10.2 Å². The Kier molecular flexibility index (Phi) is 4.81. The molecule has 0 saturated heterocycles. The number of aromatic nitrogens is 1. The second kappa shape index (κ2) is 6.38. The van der Waals surface area contributed by atoms with E-state index in [-0.39, 0.29) is 0 Å². The smallest absolute Gasteiger partial charge is 0.131 e. The minimum absolute atomic E-state index is 0.736. The molecule has 1 aliphatic carbocycles. The molecule has 106 valence electrons. The number of hydrogen-bond acceptors (Lipinski definition) is 3. The fourth-order valence-corrected chi connectivity index (χ4v) is 2.47. The van der Waals surface area contributed by atoms with Gasteiger partial charge in [-0.05, 0) is 56.3 Å². The lowest BCUT2D eigenvalue weighted by Crippen LogP contribution is -2.29. The molecule has 0 amide bonds. The molecule has 1 N–H and O–H groups in total. The van der Waals surface area contributed by atoms with Gasteiger partial charge in [0.25, 0.3) is 0 Å². The summed E-state index contributed by atoms with van der Waals surface area (Å²) >= 11 is 0.